The van der Waals surface area contributed by atoms with E-state index in [1.54, 1.807) is 0 Å². The predicted molar refractivity (Wildman–Crippen MR) is 80.1 cm³/mol. The van der Waals surface area contributed by atoms with Crippen molar-refractivity contribution in [1.29, 1.82) is 0 Å². The van der Waals surface area contributed by atoms with Crippen LogP contribution in [0.4, 0.5) is 5.95 Å². The third-order valence-corrected chi connectivity index (χ3v) is 3.83. The fraction of sp³-hybridized carbons (Fsp3) is 0.500. The number of hydrogen-bond donors (Lipinski definition) is 1. The number of fused-ring (bicyclic) bond motifs is 1. The van der Waals surface area contributed by atoms with Crippen molar-refractivity contribution < 1.29 is 0 Å². The first kappa shape index (κ1) is 12.8. The number of anilines is 1. The van der Waals surface area contributed by atoms with Gasteiger partial charge in [0, 0.05) is 32.1 Å². The Bertz CT molecular complexity index is 506. The van der Waals surface area contributed by atoms with Gasteiger partial charge in [-0.3, -0.25) is 0 Å². The van der Waals surface area contributed by atoms with Crippen molar-refractivity contribution in [3.63, 3.8) is 0 Å². The van der Waals surface area contributed by atoms with Crippen LogP contribution in [0.25, 0.3) is 11.0 Å². The normalized spacial score (nSPS) is 17.8. The maximum atomic E-state index is 5.82. The number of benzene rings is 1. The zero-order valence-electron chi connectivity index (χ0n) is 11.0. The number of alkyl halides is 1. The number of imidazole rings is 1. The molecule has 1 N–H and O–H groups in total. The van der Waals surface area contributed by atoms with E-state index >= 15 is 0 Å². The smallest absolute Gasteiger partial charge is 0.203 e. The van der Waals surface area contributed by atoms with Crippen molar-refractivity contribution in [2.45, 2.75) is 6.42 Å². The van der Waals surface area contributed by atoms with Gasteiger partial charge in [0.2, 0.25) is 5.95 Å². The summed E-state index contributed by atoms with van der Waals surface area (Å²) in [4.78, 5) is 12.9. The minimum atomic E-state index is 0.713. The standard InChI is InChI=1S/C14H19ClN4/c15-6-9-18-7-3-8-19(11-10-18)14-16-12-4-1-2-5-13(12)17-14/h1-2,4-5H,3,6-11H2,(H,16,17). The minimum absolute atomic E-state index is 0.713. The summed E-state index contributed by atoms with van der Waals surface area (Å²) in [5, 5.41) is 0. The van der Waals surface area contributed by atoms with E-state index < -0.39 is 0 Å². The number of nitrogens with one attached hydrogen (secondary N) is 1. The van der Waals surface area contributed by atoms with E-state index in [2.05, 4.69) is 25.8 Å². The molecule has 0 bridgehead atoms. The highest BCUT2D eigenvalue weighted by molar-refractivity contribution is 6.18. The SMILES string of the molecule is ClCCN1CCCN(c2nc3ccccc3[nH]2)CC1. The number of H-pyrrole nitrogens is 1. The Morgan fingerprint density at radius 2 is 2.05 bits per heavy atom. The monoisotopic (exact) mass is 278 g/mol. The lowest BCUT2D eigenvalue weighted by molar-refractivity contribution is 0.311. The molecule has 5 heteroatoms. The highest BCUT2D eigenvalue weighted by Crippen LogP contribution is 2.18. The van der Waals surface area contributed by atoms with Gasteiger partial charge in [-0.05, 0) is 25.1 Å². The molecule has 3 rings (SSSR count). The van der Waals surface area contributed by atoms with Gasteiger partial charge in [-0.25, -0.2) is 4.98 Å². The van der Waals surface area contributed by atoms with Gasteiger partial charge in [-0.15, -0.1) is 11.6 Å². The van der Waals surface area contributed by atoms with Crippen molar-refractivity contribution in [3.8, 4) is 0 Å². The Kier molecular flexibility index (Phi) is 3.89. The average Bonchev–Trinajstić information content (AvgIpc) is 2.72. The van der Waals surface area contributed by atoms with Crippen LogP contribution in [0.3, 0.4) is 0 Å². The van der Waals surface area contributed by atoms with Crippen molar-refractivity contribution in [3.05, 3.63) is 24.3 Å². The van der Waals surface area contributed by atoms with Gasteiger partial charge in [-0.1, -0.05) is 12.1 Å². The molecule has 1 aliphatic rings. The first-order valence-corrected chi connectivity index (χ1v) is 7.38. The molecule has 0 amide bonds. The molecule has 0 spiro atoms. The second kappa shape index (κ2) is 5.80. The van der Waals surface area contributed by atoms with Gasteiger partial charge < -0.3 is 14.8 Å². The highest BCUT2D eigenvalue weighted by atomic mass is 35.5. The summed E-state index contributed by atoms with van der Waals surface area (Å²) in [6.07, 6.45) is 1.16. The van der Waals surface area contributed by atoms with Crippen molar-refractivity contribution in [2.75, 3.05) is 43.5 Å². The van der Waals surface area contributed by atoms with Crippen LogP contribution in [0.2, 0.25) is 0 Å². The molecule has 1 aliphatic heterocycles. The number of para-hydroxylation sites is 2. The lowest BCUT2D eigenvalue weighted by Gasteiger charge is -2.20. The van der Waals surface area contributed by atoms with Crippen LogP contribution in [-0.2, 0) is 0 Å². The molecular weight excluding hydrogens is 260 g/mol. The van der Waals surface area contributed by atoms with Crippen LogP contribution in [0.1, 0.15) is 6.42 Å². The highest BCUT2D eigenvalue weighted by Gasteiger charge is 2.17. The predicted octanol–water partition coefficient (Wildman–Crippen LogP) is 2.31. The molecule has 0 aliphatic carbocycles. The summed E-state index contributed by atoms with van der Waals surface area (Å²) in [6, 6.07) is 8.18. The third-order valence-electron chi connectivity index (χ3n) is 3.67. The maximum absolute atomic E-state index is 5.82. The van der Waals surface area contributed by atoms with E-state index in [1.165, 1.54) is 0 Å². The van der Waals surface area contributed by atoms with Crippen LogP contribution < -0.4 is 4.90 Å². The summed E-state index contributed by atoms with van der Waals surface area (Å²) in [7, 11) is 0. The van der Waals surface area contributed by atoms with E-state index in [0.29, 0.717) is 5.88 Å². The number of nitrogens with zero attached hydrogens (tertiary/aromatic N) is 3. The molecular formula is C14H19ClN4. The zero-order valence-corrected chi connectivity index (χ0v) is 11.7. The molecule has 4 nitrogen and oxygen atoms in total. The Morgan fingerprint density at radius 1 is 1.16 bits per heavy atom. The van der Waals surface area contributed by atoms with E-state index in [9.17, 15) is 0 Å². The average molecular weight is 279 g/mol. The first-order chi connectivity index (χ1) is 9.36. The van der Waals surface area contributed by atoms with Gasteiger partial charge in [0.1, 0.15) is 0 Å². The topological polar surface area (TPSA) is 35.2 Å². The van der Waals surface area contributed by atoms with Crippen molar-refractivity contribution >= 4 is 28.6 Å². The Hall–Kier alpha value is -1.26. The van der Waals surface area contributed by atoms with Gasteiger partial charge in [-0.2, -0.15) is 0 Å². The summed E-state index contributed by atoms with van der Waals surface area (Å²) < 4.78 is 0. The van der Waals surface area contributed by atoms with Crippen LogP contribution in [0.5, 0.6) is 0 Å². The lowest BCUT2D eigenvalue weighted by Crippen LogP contribution is -2.32. The molecule has 1 aromatic carbocycles. The van der Waals surface area contributed by atoms with Crippen LogP contribution in [0, 0.1) is 0 Å². The fourth-order valence-corrected chi connectivity index (χ4v) is 2.85. The second-order valence-corrected chi connectivity index (χ2v) is 5.33. The molecule has 0 atom stereocenters. The van der Waals surface area contributed by atoms with Gasteiger partial charge in [0.05, 0.1) is 11.0 Å². The molecule has 0 unspecified atom stereocenters. The van der Waals surface area contributed by atoms with Crippen LogP contribution in [-0.4, -0.2) is 53.5 Å². The maximum Gasteiger partial charge on any atom is 0.203 e. The van der Waals surface area contributed by atoms with Gasteiger partial charge in [0.15, 0.2) is 0 Å². The minimum Gasteiger partial charge on any atom is -0.341 e. The molecule has 102 valence electrons. The number of rotatable bonds is 3. The summed E-state index contributed by atoms with van der Waals surface area (Å²) in [6.45, 7) is 5.23. The van der Waals surface area contributed by atoms with E-state index in [1.807, 2.05) is 18.2 Å². The third kappa shape index (κ3) is 2.85. The molecule has 0 saturated carbocycles. The number of halogens is 1. The molecule has 19 heavy (non-hydrogen) atoms. The van der Waals surface area contributed by atoms with Crippen molar-refractivity contribution in [1.82, 2.24) is 14.9 Å². The molecule has 1 aromatic heterocycles. The van der Waals surface area contributed by atoms with Gasteiger partial charge in [0.25, 0.3) is 0 Å². The van der Waals surface area contributed by atoms with E-state index in [-0.39, 0.29) is 0 Å². The molecule has 1 saturated heterocycles. The Balaban J connectivity index is 1.74. The number of hydrogen-bond acceptors (Lipinski definition) is 3. The quantitative estimate of drug-likeness (QED) is 0.875. The zero-order chi connectivity index (χ0) is 13.1. The molecule has 2 aromatic rings. The van der Waals surface area contributed by atoms with Crippen molar-refractivity contribution in [2.24, 2.45) is 0 Å². The lowest BCUT2D eigenvalue weighted by atomic mass is 10.3. The summed E-state index contributed by atoms with van der Waals surface area (Å²) in [5.74, 6) is 1.71. The number of aromatic nitrogens is 2. The fourth-order valence-electron chi connectivity index (χ4n) is 2.61. The Morgan fingerprint density at radius 3 is 2.89 bits per heavy atom. The second-order valence-electron chi connectivity index (χ2n) is 4.95. The van der Waals surface area contributed by atoms with Gasteiger partial charge >= 0.3 is 0 Å². The molecule has 2 heterocycles. The first-order valence-electron chi connectivity index (χ1n) is 6.85. The molecule has 0 radical (unpaired) electrons. The number of aromatic amines is 1. The van der Waals surface area contributed by atoms with Crippen LogP contribution in [0.15, 0.2) is 24.3 Å². The molecule has 1 fully saturated rings. The Labute approximate surface area is 118 Å². The van der Waals surface area contributed by atoms with Crippen LogP contribution >= 0.6 is 11.6 Å². The van der Waals surface area contributed by atoms with E-state index in [0.717, 1.165) is 56.1 Å². The van der Waals surface area contributed by atoms with E-state index in [4.69, 9.17) is 11.6 Å². The summed E-state index contributed by atoms with van der Waals surface area (Å²) in [5.41, 5.74) is 2.15. The summed E-state index contributed by atoms with van der Waals surface area (Å²) >= 11 is 5.82. The largest absolute Gasteiger partial charge is 0.341 e.